The molecule has 0 radical (unpaired) electrons. The summed E-state index contributed by atoms with van der Waals surface area (Å²) in [5.74, 6) is -0.190. The average Bonchev–Trinajstić information content (AvgIpc) is 2.48. The van der Waals surface area contributed by atoms with Crippen LogP contribution in [0.5, 0.6) is 0 Å². The van der Waals surface area contributed by atoms with Crippen molar-refractivity contribution in [3.63, 3.8) is 0 Å². The van der Waals surface area contributed by atoms with Crippen molar-refractivity contribution in [2.45, 2.75) is 42.6 Å². The second-order valence-electron chi connectivity index (χ2n) is 5.10. The van der Waals surface area contributed by atoms with E-state index in [1.165, 1.54) is 0 Å². The van der Waals surface area contributed by atoms with Gasteiger partial charge in [-0.3, -0.25) is 4.79 Å². The van der Waals surface area contributed by atoms with Gasteiger partial charge in [0.25, 0.3) is 0 Å². The Bertz CT molecular complexity index is 552. The van der Waals surface area contributed by atoms with Gasteiger partial charge in [-0.05, 0) is 65.5 Å². The minimum atomic E-state index is -1.74. The number of hydrogen-bond donors (Lipinski definition) is 3. The molecule has 9 heteroatoms. The highest BCUT2D eigenvalue weighted by Gasteiger charge is 2.34. The van der Waals surface area contributed by atoms with Crippen molar-refractivity contribution in [1.82, 2.24) is 10.6 Å². The first-order valence-electron chi connectivity index (χ1n) is 7.41. The summed E-state index contributed by atoms with van der Waals surface area (Å²) in [6.07, 6.45) is 2.25. The van der Waals surface area contributed by atoms with Crippen molar-refractivity contribution >= 4 is 86.3 Å². The summed E-state index contributed by atoms with van der Waals surface area (Å²) in [5.41, 5.74) is 0.797. The molecular weight excluding hydrogens is 504 g/mol. The van der Waals surface area contributed by atoms with Crippen LogP contribution in [0.25, 0.3) is 0 Å². The van der Waals surface area contributed by atoms with Crippen LogP contribution in [0.3, 0.4) is 0 Å². The van der Waals surface area contributed by atoms with Gasteiger partial charge in [-0.2, -0.15) is 0 Å². The van der Waals surface area contributed by atoms with Crippen LogP contribution in [0, 0.1) is 3.57 Å². The van der Waals surface area contributed by atoms with Crippen molar-refractivity contribution in [2.24, 2.45) is 0 Å². The zero-order valence-electron chi connectivity index (χ0n) is 13.0. The van der Waals surface area contributed by atoms with Crippen molar-refractivity contribution in [3.8, 4) is 0 Å². The van der Waals surface area contributed by atoms with Gasteiger partial charge in [0.2, 0.25) is 9.70 Å². The number of thiocarbonyl (C=S) groups is 1. The Kier molecular flexibility index (Phi) is 9.96. The lowest BCUT2D eigenvalue weighted by atomic mass is 10.2. The summed E-state index contributed by atoms with van der Waals surface area (Å²) < 4.78 is -0.631. The molecule has 0 heterocycles. The van der Waals surface area contributed by atoms with E-state index in [1.54, 1.807) is 0 Å². The number of benzene rings is 1. The largest absolute Gasteiger partial charge is 0.339 e. The van der Waals surface area contributed by atoms with Gasteiger partial charge in [0, 0.05) is 15.7 Å². The van der Waals surface area contributed by atoms with Crippen LogP contribution in [-0.2, 0) is 4.79 Å². The highest BCUT2D eigenvalue weighted by Crippen LogP contribution is 2.29. The normalized spacial score (nSPS) is 12.4. The van der Waals surface area contributed by atoms with Gasteiger partial charge in [-0.1, -0.05) is 54.6 Å². The zero-order valence-corrected chi connectivity index (χ0v) is 18.3. The van der Waals surface area contributed by atoms with E-state index in [9.17, 15) is 4.79 Å². The van der Waals surface area contributed by atoms with Crippen molar-refractivity contribution in [1.29, 1.82) is 0 Å². The van der Waals surface area contributed by atoms with Crippen LogP contribution >= 0.6 is 69.6 Å². The molecule has 3 N–H and O–H groups in total. The molecule has 1 aromatic rings. The van der Waals surface area contributed by atoms with Crippen LogP contribution in [0.2, 0.25) is 0 Å². The number of hydrogen-bond acceptors (Lipinski definition) is 2. The lowest BCUT2D eigenvalue weighted by molar-refractivity contribution is -0.122. The monoisotopic (exact) mass is 521 g/mol. The van der Waals surface area contributed by atoms with Gasteiger partial charge in [0.1, 0.15) is 6.17 Å². The molecule has 0 spiro atoms. The third kappa shape index (κ3) is 8.89. The molecule has 0 saturated heterocycles. The second-order valence-corrected chi connectivity index (χ2v) is 9.13. The fourth-order valence-corrected chi connectivity index (χ4v) is 2.72. The van der Waals surface area contributed by atoms with Gasteiger partial charge >= 0.3 is 0 Å². The molecule has 1 unspecified atom stereocenters. The number of amides is 1. The summed E-state index contributed by atoms with van der Waals surface area (Å²) in [5, 5.41) is 8.74. The molecule has 0 saturated carbocycles. The molecule has 1 aromatic carbocycles. The van der Waals surface area contributed by atoms with Crippen molar-refractivity contribution < 1.29 is 4.79 Å². The number of unbranched alkanes of at least 4 members (excludes halogenated alkanes) is 2. The lowest BCUT2D eigenvalue weighted by Gasteiger charge is -2.27. The first-order valence-corrected chi connectivity index (χ1v) is 10.0. The molecule has 24 heavy (non-hydrogen) atoms. The summed E-state index contributed by atoms with van der Waals surface area (Å²) in [6.45, 7) is 2.07. The first-order chi connectivity index (χ1) is 11.2. The van der Waals surface area contributed by atoms with Gasteiger partial charge in [0.15, 0.2) is 5.11 Å². The van der Waals surface area contributed by atoms with E-state index >= 15 is 0 Å². The van der Waals surface area contributed by atoms with Crippen LogP contribution in [-0.4, -0.2) is 21.0 Å². The highest BCUT2D eigenvalue weighted by atomic mass is 127. The molecule has 1 amide bonds. The topological polar surface area (TPSA) is 53.2 Å². The molecular formula is C15H19Cl3IN3OS. The fourth-order valence-electron chi connectivity index (χ4n) is 1.80. The molecule has 0 fully saturated rings. The Morgan fingerprint density at radius 3 is 2.38 bits per heavy atom. The third-order valence-corrected chi connectivity index (χ3v) is 4.61. The number of alkyl halides is 3. The quantitative estimate of drug-likeness (QED) is 0.156. The summed E-state index contributed by atoms with van der Waals surface area (Å²) in [6, 6.07) is 7.63. The zero-order chi connectivity index (χ0) is 18.2. The second kappa shape index (κ2) is 10.9. The van der Waals surface area contributed by atoms with E-state index in [1.807, 2.05) is 24.3 Å². The fraction of sp³-hybridized carbons (Fsp3) is 0.467. The Balaban J connectivity index is 2.60. The number of anilines is 1. The Morgan fingerprint density at radius 2 is 1.83 bits per heavy atom. The van der Waals surface area contributed by atoms with Gasteiger partial charge in [0.05, 0.1) is 0 Å². The van der Waals surface area contributed by atoms with E-state index in [0.29, 0.717) is 6.42 Å². The van der Waals surface area contributed by atoms with E-state index in [2.05, 4.69) is 45.5 Å². The third-order valence-electron chi connectivity index (χ3n) is 3.02. The van der Waals surface area contributed by atoms with Crippen LogP contribution < -0.4 is 16.0 Å². The molecule has 1 atom stereocenters. The smallest absolute Gasteiger partial charge is 0.228 e. The van der Waals surface area contributed by atoms with Crippen molar-refractivity contribution in [3.05, 3.63) is 27.8 Å². The maximum Gasteiger partial charge on any atom is 0.228 e. The summed E-state index contributed by atoms with van der Waals surface area (Å²) >= 11 is 25.2. The summed E-state index contributed by atoms with van der Waals surface area (Å²) in [4.78, 5) is 12.0. The first kappa shape index (κ1) is 22.0. The standard InChI is InChI=1S/C15H19Cl3IN3OS/c1-2-3-4-5-12(23)21-13(15(16,17)18)22-14(24)20-11-8-6-10(19)7-9-11/h6-9,13H,2-5H2,1H3,(H,21,23)(H2,20,22,24). The van der Waals surface area contributed by atoms with Crippen molar-refractivity contribution in [2.75, 3.05) is 5.32 Å². The van der Waals surface area contributed by atoms with Crippen LogP contribution in [0.4, 0.5) is 5.69 Å². The Morgan fingerprint density at radius 1 is 1.21 bits per heavy atom. The average molecular weight is 523 g/mol. The minimum absolute atomic E-state index is 0.190. The predicted octanol–water partition coefficient (Wildman–Crippen LogP) is 4.97. The molecule has 134 valence electrons. The molecule has 0 aliphatic heterocycles. The minimum Gasteiger partial charge on any atom is -0.339 e. The van der Waals surface area contributed by atoms with Crippen LogP contribution in [0.1, 0.15) is 32.6 Å². The van der Waals surface area contributed by atoms with E-state index in [-0.39, 0.29) is 11.0 Å². The maximum absolute atomic E-state index is 12.0. The lowest BCUT2D eigenvalue weighted by Crippen LogP contribution is -2.56. The Labute approximate surface area is 176 Å². The maximum atomic E-state index is 12.0. The summed E-state index contributed by atoms with van der Waals surface area (Å²) in [7, 11) is 0. The molecule has 0 aliphatic carbocycles. The number of carbonyl (C=O) groups excluding carboxylic acids is 1. The SMILES string of the molecule is CCCCCC(=O)NC(NC(=S)Nc1ccc(I)cc1)C(Cl)(Cl)Cl. The van der Waals surface area contributed by atoms with E-state index < -0.39 is 9.96 Å². The van der Waals surface area contributed by atoms with E-state index in [0.717, 1.165) is 28.5 Å². The van der Waals surface area contributed by atoms with Gasteiger partial charge in [-0.25, -0.2) is 0 Å². The number of rotatable bonds is 7. The van der Waals surface area contributed by atoms with E-state index in [4.69, 9.17) is 47.0 Å². The number of carbonyl (C=O) groups is 1. The Hall–Kier alpha value is -0.0200. The number of nitrogens with one attached hydrogen (secondary N) is 3. The predicted molar refractivity (Wildman–Crippen MR) is 115 cm³/mol. The molecule has 0 bridgehead atoms. The molecule has 1 rings (SSSR count). The highest BCUT2D eigenvalue weighted by molar-refractivity contribution is 14.1. The van der Waals surface area contributed by atoms with Gasteiger partial charge < -0.3 is 16.0 Å². The van der Waals surface area contributed by atoms with Crippen LogP contribution in [0.15, 0.2) is 24.3 Å². The van der Waals surface area contributed by atoms with Gasteiger partial charge in [-0.15, -0.1) is 0 Å². The molecule has 4 nitrogen and oxygen atoms in total. The molecule has 0 aliphatic rings. The number of halogens is 4. The molecule has 0 aromatic heterocycles.